The number of H-pyrrole nitrogens is 1. The van der Waals surface area contributed by atoms with Gasteiger partial charge in [-0.2, -0.15) is 0 Å². The number of aromatic nitrogens is 2. The Labute approximate surface area is 115 Å². The quantitative estimate of drug-likeness (QED) is 0.871. The van der Waals surface area contributed by atoms with Gasteiger partial charge in [-0.25, -0.2) is 9.18 Å². The van der Waals surface area contributed by atoms with E-state index < -0.39 is 6.09 Å². The number of carbonyl (C=O) groups is 1. The number of ether oxygens (including phenoxy) is 1. The van der Waals surface area contributed by atoms with E-state index in [0.717, 1.165) is 12.8 Å². The van der Waals surface area contributed by atoms with Crippen molar-refractivity contribution in [1.82, 2.24) is 15.1 Å². The van der Waals surface area contributed by atoms with Crippen LogP contribution in [0.5, 0.6) is 5.88 Å². The first-order valence-corrected chi connectivity index (χ1v) is 6.74. The van der Waals surface area contributed by atoms with Gasteiger partial charge in [0.2, 0.25) is 0 Å². The van der Waals surface area contributed by atoms with E-state index in [1.807, 2.05) is 0 Å². The van der Waals surface area contributed by atoms with Gasteiger partial charge in [-0.3, -0.25) is 5.10 Å². The number of carbonyl (C=O) groups excluding carboxylic acids is 1. The molecule has 1 amide bonds. The van der Waals surface area contributed by atoms with Gasteiger partial charge >= 0.3 is 6.09 Å². The number of piperidine rings is 1. The molecule has 0 unspecified atom stereocenters. The number of rotatable bonds is 1. The van der Waals surface area contributed by atoms with Gasteiger partial charge in [0.1, 0.15) is 5.82 Å². The summed E-state index contributed by atoms with van der Waals surface area (Å²) in [6, 6.07) is 4.19. The Hall–Kier alpha value is -2.11. The number of nitrogens with zero attached hydrogens (tertiary/aromatic N) is 2. The number of amides is 1. The van der Waals surface area contributed by atoms with Crippen LogP contribution in [0.2, 0.25) is 0 Å². The fourth-order valence-corrected chi connectivity index (χ4v) is 2.38. The Morgan fingerprint density at radius 1 is 1.45 bits per heavy atom. The van der Waals surface area contributed by atoms with Crippen molar-refractivity contribution in [2.45, 2.75) is 19.8 Å². The second-order valence-electron chi connectivity index (χ2n) is 5.26. The molecule has 0 atom stereocenters. The molecule has 0 aliphatic carbocycles. The van der Waals surface area contributed by atoms with Crippen molar-refractivity contribution in [2.75, 3.05) is 13.1 Å². The molecule has 2 heterocycles. The number of aromatic amines is 1. The normalized spacial score (nSPS) is 16.6. The third kappa shape index (κ3) is 2.45. The molecule has 2 aromatic rings. The number of likely N-dealkylation sites (tertiary alicyclic amines) is 1. The Balaban J connectivity index is 1.74. The van der Waals surface area contributed by atoms with Crippen LogP contribution in [-0.4, -0.2) is 34.3 Å². The van der Waals surface area contributed by atoms with Crippen LogP contribution in [0.25, 0.3) is 10.9 Å². The lowest BCUT2D eigenvalue weighted by molar-refractivity contribution is 0.132. The van der Waals surface area contributed by atoms with Gasteiger partial charge < -0.3 is 9.64 Å². The molecule has 6 heteroatoms. The van der Waals surface area contributed by atoms with Crippen molar-refractivity contribution in [3.05, 3.63) is 24.0 Å². The molecule has 1 fully saturated rings. The Kier molecular flexibility index (Phi) is 3.30. The highest BCUT2D eigenvalue weighted by Gasteiger charge is 2.23. The van der Waals surface area contributed by atoms with E-state index in [9.17, 15) is 9.18 Å². The highest BCUT2D eigenvalue weighted by Crippen LogP contribution is 2.24. The van der Waals surface area contributed by atoms with Crippen molar-refractivity contribution in [1.29, 1.82) is 0 Å². The second kappa shape index (κ2) is 5.11. The predicted octanol–water partition coefficient (Wildman–Crippen LogP) is 2.93. The van der Waals surface area contributed by atoms with E-state index >= 15 is 0 Å². The third-order valence-corrected chi connectivity index (χ3v) is 3.72. The second-order valence-corrected chi connectivity index (χ2v) is 5.26. The Bertz CT molecular complexity index is 632. The molecule has 1 aromatic heterocycles. The summed E-state index contributed by atoms with van der Waals surface area (Å²) in [4.78, 5) is 13.7. The average Bonchev–Trinajstić information content (AvgIpc) is 2.81. The summed E-state index contributed by atoms with van der Waals surface area (Å²) < 4.78 is 18.4. The lowest BCUT2D eigenvalue weighted by Gasteiger charge is -2.28. The van der Waals surface area contributed by atoms with E-state index in [1.165, 1.54) is 12.1 Å². The molecule has 1 N–H and O–H groups in total. The number of hydrogen-bond acceptors (Lipinski definition) is 3. The molecule has 0 bridgehead atoms. The van der Waals surface area contributed by atoms with E-state index in [-0.39, 0.29) is 11.7 Å². The zero-order valence-corrected chi connectivity index (χ0v) is 11.2. The molecule has 5 nitrogen and oxygen atoms in total. The van der Waals surface area contributed by atoms with Gasteiger partial charge in [0, 0.05) is 13.1 Å². The van der Waals surface area contributed by atoms with Crippen LogP contribution in [-0.2, 0) is 0 Å². The zero-order valence-electron chi connectivity index (χ0n) is 11.2. The van der Waals surface area contributed by atoms with Gasteiger partial charge in [0.25, 0.3) is 5.88 Å². The molecule has 106 valence electrons. The largest absolute Gasteiger partial charge is 0.416 e. The average molecular weight is 277 g/mol. The SMILES string of the molecule is CC1CCN(C(=O)Oc2n[nH]c3cc(F)ccc23)CC1. The molecular formula is C14H16FN3O2. The first-order chi connectivity index (χ1) is 9.63. The van der Waals surface area contributed by atoms with Crippen molar-refractivity contribution in [2.24, 2.45) is 5.92 Å². The van der Waals surface area contributed by atoms with Crippen molar-refractivity contribution in [3.8, 4) is 5.88 Å². The molecule has 3 rings (SSSR count). The number of benzene rings is 1. The van der Waals surface area contributed by atoms with Crippen LogP contribution in [0.3, 0.4) is 0 Å². The zero-order chi connectivity index (χ0) is 14.1. The molecule has 0 spiro atoms. The lowest BCUT2D eigenvalue weighted by Crippen LogP contribution is -2.39. The number of hydrogen-bond donors (Lipinski definition) is 1. The maximum absolute atomic E-state index is 13.1. The van der Waals surface area contributed by atoms with E-state index in [1.54, 1.807) is 11.0 Å². The van der Waals surface area contributed by atoms with Crippen molar-refractivity contribution >= 4 is 17.0 Å². The maximum Gasteiger partial charge on any atom is 0.416 e. The standard InChI is InChI=1S/C14H16FN3O2/c1-9-4-6-18(7-5-9)14(19)20-13-11-3-2-10(15)8-12(11)16-17-13/h2-3,8-9H,4-7H2,1H3,(H,16,17). The Morgan fingerprint density at radius 3 is 2.95 bits per heavy atom. The first-order valence-electron chi connectivity index (χ1n) is 6.74. The summed E-state index contributed by atoms with van der Waals surface area (Å²) in [6.45, 7) is 3.59. The van der Waals surface area contributed by atoms with Gasteiger partial charge in [0.15, 0.2) is 0 Å². The van der Waals surface area contributed by atoms with Gasteiger partial charge in [-0.05, 0) is 37.0 Å². The summed E-state index contributed by atoms with van der Waals surface area (Å²) in [6.07, 6.45) is 1.58. The van der Waals surface area contributed by atoms with Gasteiger partial charge in [0.05, 0.1) is 10.9 Å². The summed E-state index contributed by atoms with van der Waals surface area (Å²) in [5.74, 6) is 0.487. The summed E-state index contributed by atoms with van der Waals surface area (Å²) >= 11 is 0. The third-order valence-electron chi connectivity index (χ3n) is 3.72. The lowest BCUT2D eigenvalue weighted by atomic mass is 10.00. The van der Waals surface area contributed by atoms with Crippen LogP contribution in [0, 0.1) is 11.7 Å². The van der Waals surface area contributed by atoms with Crippen LogP contribution in [0.1, 0.15) is 19.8 Å². The predicted molar refractivity (Wildman–Crippen MR) is 72.0 cm³/mol. The Morgan fingerprint density at radius 2 is 2.20 bits per heavy atom. The summed E-state index contributed by atoms with van der Waals surface area (Å²) in [5.41, 5.74) is 0.514. The number of nitrogens with one attached hydrogen (secondary N) is 1. The summed E-state index contributed by atoms with van der Waals surface area (Å²) in [7, 11) is 0. The van der Waals surface area contributed by atoms with E-state index in [0.29, 0.717) is 29.9 Å². The van der Waals surface area contributed by atoms with Crippen molar-refractivity contribution < 1.29 is 13.9 Å². The summed E-state index contributed by atoms with van der Waals surface area (Å²) in [5, 5.41) is 7.19. The first kappa shape index (κ1) is 12.9. The molecule has 20 heavy (non-hydrogen) atoms. The van der Waals surface area contributed by atoms with Crippen molar-refractivity contribution in [3.63, 3.8) is 0 Å². The number of halogens is 1. The molecule has 1 aliphatic rings. The molecule has 1 saturated heterocycles. The van der Waals surface area contributed by atoms with E-state index in [4.69, 9.17) is 4.74 Å². The van der Waals surface area contributed by atoms with Crippen LogP contribution in [0.4, 0.5) is 9.18 Å². The van der Waals surface area contributed by atoms with E-state index in [2.05, 4.69) is 17.1 Å². The fourth-order valence-electron chi connectivity index (χ4n) is 2.38. The van der Waals surface area contributed by atoms with Gasteiger partial charge in [-0.15, -0.1) is 5.10 Å². The van der Waals surface area contributed by atoms with Crippen LogP contribution < -0.4 is 4.74 Å². The van der Waals surface area contributed by atoms with Crippen LogP contribution in [0.15, 0.2) is 18.2 Å². The fraction of sp³-hybridized carbons (Fsp3) is 0.429. The minimum absolute atomic E-state index is 0.198. The minimum Gasteiger partial charge on any atom is -0.389 e. The van der Waals surface area contributed by atoms with Gasteiger partial charge in [-0.1, -0.05) is 6.92 Å². The monoisotopic (exact) mass is 277 g/mol. The molecule has 1 aliphatic heterocycles. The maximum atomic E-state index is 13.1. The highest BCUT2D eigenvalue weighted by molar-refractivity contribution is 5.86. The molecular weight excluding hydrogens is 261 g/mol. The molecule has 1 aromatic carbocycles. The molecule has 0 radical (unpaired) electrons. The molecule has 0 saturated carbocycles. The topological polar surface area (TPSA) is 58.2 Å². The smallest absolute Gasteiger partial charge is 0.389 e. The number of fused-ring (bicyclic) bond motifs is 1. The van der Waals surface area contributed by atoms with Crippen LogP contribution >= 0.6 is 0 Å². The minimum atomic E-state index is -0.394. The highest BCUT2D eigenvalue weighted by atomic mass is 19.1.